The number of hydrazine groups is 1. The molecule has 1 aromatic heterocycles. The van der Waals surface area contributed by atoms with E-state index in [1.54, 1.807) is 17.6 Å². The van der Waals surface area contributed by atoms with E-state index in [0.717, 1.165) is 25.7 Å². The Hall–Kier alpha value is -2.68. The van der Waals surface area contributed by atoms with Crippen LogP contribution >= 0.6 is 0 Å². The number of anilines is 1. The molecule has 1 aliphatic carbocycles. The smallest absolute Gasteiger partial charge is 0.323 e. The van der Waals surface area contributed by atoms with Gasteiger partial charge in [0.15, 0.2) is 0 Å². The van der Waals surface area contributed by atoms with Gasteiger partial charge >= 0.3 is 17.8 Å². The Morgan fingerprint density at radius 3 is 2.48 bits per heavy atom. The molecule has 9 heteroatoms. The predicted molar refractivity (Wildman–Crippen MR) is 88.2 cm³/mol. The van der Waals surface area contributed by atoms with Crippen LogP contribution in [-0.2, 0) is 19.1 Å². The highest BCUT2D eigenvalue weighted by Gasteiger charge is 2.24. The largest absolute Gasteiger partial charge is 0.474 e. The molecule has 2 amide bonds. The van der Waals surface area contributed by atoms with E-state index in [4.69, 9.17) is 15.3 Å². The molecule has 1 fully saturated rings. The minimum absolute atomic E-state index is 0.0462. The summed E-state index contributed by atoms with van der Waals surface area (Å²) in [5.74, 6) is 3.67. The lowest BCUT2D eigenvalue weighted by molar-refractivity contribution is -0.142. The summed E-state index contributed by atoms with van der Waals surface area (Å²) in [6.45, 7) is 0. The maximum absolute atomic E-state index is 11.4. The molecule has 0 unspecified atom stereocenters. The Morgan fingerprint density at radius 1 is 1.20 bits per heavy atom. The second-order valence-corrected chi connectivity index (χ2v) is 5.85. The van der Waals surface area contributed by atoms with Crippen molar-refractivity contribution in [3.63, 3.8) is 0 Å². The summed E-state index contributed by atoms with van der Waals surface area (Å²) in [5, 5.41) is 2.36. The molecule has 1 saturated carbocycles. The molecule has 9 nitrogen and oxygen atoms in total. The zero-order chi connectivity index (χ0) is 18.2. The highest BCUT2D eigenvalue weighted by Crippen LogP contribution is 2.29. The maximum atomic E-state index is 11.4. The van der Waals surface area contributed by atoms with Crippen LogP contribution in [-0.4, -0.2) is 36.0 Å². The van der Waals surface area contributed by atoms with Gasteiger partial charge in [0.25, 0.3) is 0 Å². The normalized spacial score (nSPS) is 19.6. The van der Waals surface area contributed by atoms with Crippen LogP contribution < -0.4 is 21.3 Å². The average molecular weight is 350 g/mol. The maximum Gasteiger partial charge on any atom is 0.323 e. The lowest BCUT2D eigenvalue weighted by Gasteiger charge is -2.28. The van der Waals surface area contributed by atoms with Crippen LogP contribution in [0.4, 0.5) is 5.69 Å². The zero-order valence-electron chi connectivity index (χ0n) is 14.0. The molecule has 4 N–H and O–H groups in total. The minimum atomic E-state index is -0.941. The molecule has 0 aromatic carbocycles. The fourth-order valence-electron chi connectivity index (χ4n) is 2.72. The number of esters is 1. The number of carbonyl (C=O) groups excluding carboxylic acids is 3. The molecule has 1 heterocycles. The number of pyridine rings is 1. The topological polar surface area (TPSA) is 133 Å². The van der Waals surface area contributed by atoms with Crippen molar-refractivity contribution in [2.75, 3.05) is 12.4 Å². The van der Waals surface area contributed by atoms with Crippen molar-refractivity contribution in [2.45, 2.75) is 38.2 Å². The van der Waals surface area contributed by atoms with Gasteiger partial charge in [-0.15, -0.1) is 0 Å². The summed E-state index contributed by atoms with van der Waals surface area (Å²) < 4.78 is 10.5. The van der Waals surface area contributed by atoms with Crippen molar-refractivity contribution < 1.29 is 23.9 Å². The number of methoxy groups -OCH3 is 1. The zero-order valence-corrected chi connectivity index (χ0v) is 14.0. The number of aromatic nitrogens is 1. The molecule has 1 aromatic rings. The van der Waals surface area contributed by atoms with Gasteiger partial charge in [-0.25, -0.2) is 10.8 Å². The molecule has 2 rings (SSSR count). The molecule has 0 aliphatic heterocycles. The van der Waals surface area contributed by atoms with Gasteiger partial charge in [0, 0.05) is 12.5 Å². The van der Waals surface area contributed by atoms with Crippen molar-refractivity contribution >= 4 is 23.5 Å². The molecule has 136 valence electrons. The van der Waals surface area contributed by atoms with Gasteiger partial charge in [0.1, 0.15) is 6.10 Å². The van der Waals surface area contributed by atoms with E-state index in [2.05, 4.69) is 10.3 Å². The summed E-state index contributed by atoms with van der Waals surface area (Å²) in [7, 11) is 1.40. The van der Waals surface area contributed by atoms with Crippen molar-refractivity contribution in [1.29, 1.82) is 0 Å². The first-order chi connectivity index (χ1) is 12.0. The van der Waals surface area contributed by atoms with Crippen molar-refractivity contribution in [1.82, 2.24) is 10.4 Å². The van der Waals surface area contributed by atoms with Crippen molar-refractivity contribution in [3.05, 3.63) is 18.3 Å². The number of nitrogens with one attached hydrogen (secondary N) is 2. The van der Waals surface area contributed by atoms with Crippen LogP contribution in [0, 0.1) is 5.92 Å². The monoisotopic (exact) mass is 350 g/mol. The third-order valence-electron chi connectivity index (χ3n) is 4.10. The summed E-state index contributed by atoms with van der Waals surface area (Å²) in [5.41, 5.74) is 2.11. The second kappa shape index (κ2) is 8.97. The van der Waals surface area contributed by atoms with E-state index in [0.29, 0.717) is 23.9 Å². The van der Waals surface area contributed by atoms with E-state index >= 15 is 0 Å². The fourth-order valence-corrected chi connectivity index (χ4v) is 2.72. The first-order valence-electron chi connectivity index (χ1n) is 8.03. The van der Waals surface area contributed by atoms with Crippen molar-refractivity contribution in [2.24, 2.45) is 11.8 Å². The van der Waals surface area contributed by atoms with Gasteiger partial charge in [-0.1, -0.05) is 0 Å². The van der Waals surface area contributed by atoms with Crippen molar-refractivity contribution in [3.8, 4) is 5.88 Å². The number of amides is 2. The Bertz CT molecular complexity index is 611. The number of hydrogen-bond donors (Lipinski definition) is 3. The number of nitrogens with zero attached hydrogens (tertiary/aromatic N) is 1. The molecule has 0 bridgehead atoms. The van der Waals surface area contributed by atoms with Gasteiger partial charge in [0.2, 0.25) is 5.88 Å². The highest BCUT2D eigenvalue weighted by atomic mass is 16.5. The van der Waals surface area contributed by atoms with Crippen LogP contribution in [0.3, 0.4) is 0 Å². The first kappa shape index (κ1) is 18.7. The van der Waals surface area contributed by atoms with E-state index in [1.165, 1.54) is 13.3 Å². The quantitative estimate of drug-likeness (QED) is 0.232. The molecular formula is C16H22N4O5. The molecule has 1 aliphatic rings. The third-order valence-corrected chi connectivity index (χ3v) is 4.10. The lowest BCUT2D eigenvalue weighted by Crippen LogP contribution is -2.39. The summed E-state index contributed by atoms with van der Waals surface area (Å²) >= 11 is 0. The van der Waals surface area contributed by atoms with Gasteiger partial charge in [0.05, 0.1) is 19.0 Å². The predicted octanol–water partition coefficient (Wildman–Crippen LogP) is 0.511. The second-order valence-electron chi connectivity index (χ2n) is 5.85. The van der Waals surface area contributed by atoms with E-state index < -0.39 is 11.8 Å². The van der Waals surface area contributed by atoms with Gasteiger partial charge < -0.3 is 14.8 Å². The average Bonchev–Trinajstić information content (AvgIpc) is 2.64. The Morgan fingerprint density at radius 2 is 1.92 bits per heavy atom. The van der Waals surface area contributed by atoms with Crippen LogP contribution in [0.25, 0.3) is 0 Å². The summed E-state index contributed by atoms with van der Waals surface area (Å²) in [4.78, 5) is 37.8. The molecule has 0 spiro atoms. The first-order valence-corrected chi connectivity index (χ1v) is 8.03. The summed E-state index contributed by atoms with van der Waals surface area (Å²) in [6.07, 6.45) is 5.40. The number of rotatable bonds is 5. The summed E-state index contributed by atoms with van der Waals surface area (Å²) in [6, 6.07) is 3.21. The van der Waals surface area contributed by atoms with Gasteiger partial charge in [-0.3, -0.25) is 19.8 Å². The van der Waals surface area contributed by atoms with E-state index in [-0.39, 0.29) is 12.1 Å². The molecular weight excluding hydrogens is 328 g/mol. The lowest BCUT2D eigenvalue weighted by atomic mass is 9.85. The number of nitrogens with two attached hydrogens (primary N) is 1. The third kappa shape index (κ3) is 5.71. The van der Waals surface area contributed by atoms with E-state index in [9.17, 15) is 14.4 Å². The highest BCUT2D eigenvalue weighted by molar-refractivity contribution is 6.39. The number of hydrogen-bond acceptors (Lipinski definition) is 7. The van der Waals surface area contributed by atoms with Crippen LogP contribution in [0.2, 0.25) is 0 Å². The Labute approximate surface area is 145 Å². The molecule has 25 heavy (non-hydrogen) atoms. The minimum Gasteiger partial charge on any atom is -0.474 e. The molecule has 0 radical (unpaired) electrons. The SMILES string of the molecule is COC(=O)C[C@H]1CC[C@@H](Oc2ccc(NC(=O)C(=O)NN)cn2)CC1. The molecule has 0 atom stereocenters. The Balaban J connectivity index is 1.79. The fraction of sp³-hybridized carbons (Fsp3) is 0.500. The standard InChI is InChI=1S/C16H22N4O5/c1-24-14(21)8-10-2-5-12(6-3-10)25-13-7-4-11(9-18-13)19-15(22)16(23)20-17/h4,7,9-10,12H,2-3,5-6,8,17H2,1H3,(H,19,22)(H,20,23)/t10-,12+. The van der Waals surface area contributed by atoms with Crippen LogP contribution in [0.1, 0.15) is 32.1 Å². The van der Waals surface area contributed by atoms with E-state index in [1.807, 2.05) is 0 Å². The number of ether oxygens (including phenoxy) is 2. The van der Waals surface area contributed by atoms with Gasteiger partial charge in [-0.2, -0.15) is 0 Å². The van der Waals surface area contributed by atoms with Gasteiger partial charge in [-0.05, 0) is 37.7 Å². The molecule has 0 saturated heterocycles. The Kier molecular flexibility index (Phi) is 6.70. The number of carbonyl (C=O) groups is 3. The van der Waals surface area contributed by atoms with Crippen LogP contribution in [0.15, 0.2) is 18.3 Å². The van der Waals surface area contributed by atoms with Crippen LogP contribution in [0.5, 0.6) is 5.88 Å².